The number of halogens is 4. The lowest BCUT2D eigenvalue weighted by Crippen LogP contribution is -2.46. The van der Waals surface area contributed by atoms with Crippen LogP contribution >= 0.6 is 0 Å². The zero-order valence-electron chi connectivity index (χ0n) is 18.8. The van der Waals surface area contributed by atoms with E-state index in [9.17, 15) is 17.6 Å². The second-order valence-corrected chi connectivity index (χ2v) is 9.02. The molecule has 5 rings (SSSR count). The smallest absolute Gasteiger partial charge is 0.354 e. The topological polar surface area (TPSA) is 50.1 Å². The SMILES string of the molecule is Cc1nccn1-c1ccc(CN(C2CC2)C2CCN(c3ncc(C(F)(F)F)cc3F)CC2)cn1. The minimum Gasteiger partial charge on any atom is -0.354 e. The second kappa shape index (κ2) is 8.98. The molecule has 1 aliphatic carbocycles. The molecule has 0 atom stereocenters. The number of hydrogen-bond donors (Lipinski definition) is 0. The molecule has 0 spiro atoms. The Balaban J connectivity index is 1.23. The van der Waals surface area contributed by atoms with Gasteiger partial charge in [0.15, 0.2) is 11.6 Å². The van der Waals surface area contributed by atoms with Crippen LogP contribution in [-0.4, -0.2) is 49.6 Å². The van der Waals surface area contributed by atoms with E-state index < -0.39 is 17.6 Å². The van der Waals surface area contributed by atoms with Crippen LogP contribution in [-0.2, 0) is 12.7 Å². The van der Waals surface area contributed by atoms with Crippen molar-refractivity contribution in [2.75, 3.05) is 18.0 Å². The van der Waals surface area contributed by atoms with Gasteiger partial charge in [-0.3, -0.25) is 9.47 Å². The lowest BCUT2D eigenvalue weighted by atomic mass is 10.0. The van der Waals surface area contributed by atoms with E-state index in [0.717, 1.165) is 49.4 Å². The zero-order chi connectivity index (χ0) is 23.9. The molecule has 34 heavy (non-hydrogen) atoms. The summed E-state index contributed by atoms with van der Waals surface area (Å²) in [7, 11) is 0. The third-order valence-corrected chi connectivity index (χ3v) is 6.64. The molecule has 0 aromatic carbocycles. The van der Waals surface area contributed by atoms with Crippen molar-refractivity contribution in [3.05, 3.63) is 65.8 Å². The van der Waals surface area contributed by atoms with Crippen LogP contribution in [0.3, 0.4) is 0 Å². The number of nitrogens with zero attached hydrogens (tertiary/aromatic N) is 6. The first kappa shape index (κ1) is 22.8. The summed E-state index contributed by atoms with van der Waals surface area (Å²) in [5, 5.41) is 0. The Bertz CT molecular complexity index is 1130. The van der Waals surface area contributed by atoms with Crippen molar-refractivity contribution in [1.82, 2.24) is 24.4 Å². The van der Waals surface area contributed by atoms with Crippen LogP contribution < -0.4 is 4.90 Å². The van der Waals surface area contributed by atoms with E-state index in [1.54, 1.807) is 11.1 Å². The van der Waals surface area contributed by atoms with E-state index in [4.69, 9.17) is 0 Å². The fraction of sp³-hybridized carbons (Fsp3) is 0.458. The Morgan fingerprint density at radius 2 is 1.74 bits per heavy atom. The molecule has 1 aliphatic heterocycles. The van der Waals surface area contributed by atoms with Crippen molar-refractivity contribution in [1.29, 1.82) is 0 Å². The summed E-state index contributed by atoms with van der Waals surface area (Å²) in [4.78, 5) is 16.9. The van der Waals surface area contributed by atoms with Crippen LogP contribution in [0.1, 0.15) is 42.6 Å². The van der Waals surface area contributed by atoms with Crippen molar-refractivity contribution in [3.8, 4) is 5.82 Å². The van der Waals surface area contributed by atoms with Gasteiger partial charge in [0.2, 0.25) is 0 Å². The standard InChI is InChI=1S/C24H26F4N6/c1-16-29-8-11-33(16)22-5-2-17(13-30-22)15-34(19-3-4-19)20-6-9-32(10-7-20)23-21(25)12-18(14-31-23)24(26,27)28/h2,5,8,11-14,19-20H,3-4,6-7,9-10,15H2,1H3. The fourth-order valence-corrected chi connectivity index (χ4v) is 4.67. The number of aromatic nitrogens is 4. The molecule has 0 amide bonds. The predicted molar refractivity (Wildman–Crippen MR) is 119 cm³/mol. The summed E-state index contributed by atoms with van der Waals surface area (Å²) < 4.78 is 54.8. The first-order valence-electron chi connectivity index (χ1n) is 11.5. The molecule has 0 radical (unpaired) electrons. The highest BCUT2D eigenvalue weighted by Crippen LogP contribution is 2.35. The van der Waals surface area contributed by atoms with Crippen LogP contribution in [0.4, 0.5) is 23.4 Å². The summed E-state index contributed by atoms with van der Waals surface area (Å²) in [6, 6.07) is 5.49. The lowest BCUT2D eigenvalue weighted by Gasteiger charge is -2.39. The number of aryl methyl sites for hydroxylation is 1. The molecule has 180 valence electrons. The van der Waals surface area contributed by atoms with Gasteiger partial charge in [-0.1, -0.05) is 6.07 Å². The lowest BCUT2D eigenvalue weighted by molar-refractivity contribution is -0.138. The maximum Gasteiger partial charge on any atom is 0.417 e. The normalized spacial score (nSPS) is 17.5. The number of anilines is 1. The molecular weight excluding hydrogens is 448 g/mol. The van der Waals surface area contributed by atoms with Crippen molar-refractivity contribution in [2.24, 2.45) is 0 Å². The average Bonchev–Trinajstić information content (AvgIpc) is 3.57. The average molecular weight is 475 g/mol. The number of alkyl halides is 3. The number of imidazole rings is 1. The molecular formula is C24H26F4N6. The Hall–Kier alpha value is -3.01. The Labute approximate surface area is 195 Å². The molecule has 1 saturated heterocycles. The Morgan fingerprint density at radius 3 is 2.29 bits per heavy atom. The second-order valence-electron chi connectivity index (χ2n) is 9.02. The maximum atomic E-state index is 14.4. The fourth-order valence-electron chi connectivity index (χ4n) is 4.67. The first-order chi connectivity index (χ1) is 16.3. The van der Waals surface area contributed by atoms with Gasteiger partial charge in [-0.2, -0.15) is 13.2 Å². The minimum atomic E-state index is -4.60. The van der Waals surface area contributed by atoms with Gasteiger partial charge in [-0.15, -0.1) is 0 Å². The van der Waals surface area contributed by atoms with Gasteiger partial charge < -0.3 is 4.90 Å². The number of hydrogen-bond acceptors (Lipinski definition) is 5. The maximum absolute atomic E-state index is 14.4. The number of pyridine rings is 2. The minimum absolute atomic E-state index is 0.000920. The molecule has 2 aliphatic rings. The monoisotopic (exact) mass is 474 g/mol. The van der Waals surface area contributed by atoms with E-state index in [1.807, 2.05) is 30.0 Å². The van der Waals surface area contributed by atoms with Gasteiger partial charge in [0.05, 0.1) is 5.56 Å². The predicted octanol–water partition coefficient (Wildman–Crippen LogP) is 4.76. The highest BCUT2D eigenvalue weighted by atomic mass is 19.4. The molecule has 10 heteroatoms. The highest BCUT2D eigenvalue weighted by molar-refractivity contribution is 5.42. The van der Waals surface area contributed by atoms with Gasteiger partial charge in [0, 0.05) is 56.5 Å². The van der Waals surface area contributed by atoms with E-state index >= 15 is 0 Å². The molecule has 0 bridgehead atoms. The molecule has 4 heterocycles. The van der Waals surface area contributed by atoms with Gasteiger partial charge >= 0.3 is 6.18 Å². The summed E-state index contributed by atoms with van der Waals surface area (Å²) in [6.45, 7) is 3.84. The van der Waals surface area contributed by atoms with Crippen molar-refractivity contribution < 1.29 is 17.6 Å². The summed E-state index contributed by atoms with van der Waals surface area (Å²) in [6.07, 6.45) is 5.58. The largest absolute Gasteiger partial charge is 0.417 e. The molecule has 6 nitrogen and oxygen atoms in total. The zero-order valence-corrected chi connectivity index (χ0v) is 18.8. The Kier molecular flexibility index (Phi) is 6.01. The third kappa shape index (κ3) is 4.77. The highest BCUT2D eigenvalue weighted by Gasteiger charge is 2.37. The summed E-state index contributed by atoms with van der Waals surface area (Å²) >= 11 is 0. The molecule has 3 aromatic rings. The van der Waals surface area contributed by atoms with Gasteiger partial charge in [0.25, 0.3) is 0 Å². The van der Waals surface area contributed by atoms with E-state index in [2.05, 4.69) is 25.9 Å². The van der Waals surface area contributed by atoms with Gasteiger partial charge in [0.1, 0.15) is 11.6 Å². The van der Waals surface area contributed by atoms with Crippen LogP contribution in [0.15, 0.2) is 43.0 Å². The van der Waals surface area contributed by atoms with Crippen molar-refractivity contribution in [3.63, 3.8) is 0 Å². The van der Waals surface area contributed by atoms with E-state index in [0.29, 0.717) is 37.4 Å². The van der Waals surface area contributed by atoms with Gasteiger partial charge in [-0.25, -0.2) is 19.3 Å². The molecule has 3 aromatic heterocycles. The Morgan fingerprint density at radius 1 is 1.00 bits per heavy atom. The summed E-state index contributed by atoms with van der Waals surface area (Å²) in [5.41, 5.74) is 0.0673. The third-order valence-electron chi connectivity index (χ3n) is 6.64. The first-order valence-corrected chi connectivity index (χ1v) is 11.5. The molecule has 1 saturated carbocycles. The molecule has 0 N–H and O–H groups in total. The molecule has 2 fully saturated rings. The van der Waals surface area contributed by atoms with Crippen LogP contribution in [0.5, 0.6) is 0 Å². The van der Waals surface area contributed by atoms with Crippen molar-refractivity contribution in [2.45, 2.75) is 57.4 Å². The quantitative estimate of drug-likeness (QED) is 0.482. The van der Waals surface area contributed by atoms with Crippen LogP contribution in [0.2, 0.25) is 0 Å². The van der Waals surface area contributed by atoms with Crippen molar-refractivity contribution >= 4 is 5.82 Å². The molecule has 0 unspecified atom stereocenters. The van der Waals surface area contributed by atoms with Crippen LogP contribution in [0, 0.1) is 12.7 Å². The van der Waals surface area contributed by atoms with Gasteiger partial charge in [-0.05, 0) is 50.3 Å². The van der Waals surface area contributed by atoms with E-state index in [-0.39, 0.29) is 5.82 Å². The van der Waals surface area contributed by atoms with Crippen LogP contribution in [0.25, 0.3) is 5.82 Å². The summed E-state index contributed by atoms with van der Waals surface area (Å²) in [5.74, 6) is 0.785. The van der Waals surface area contributed by atoms with E-state index in [1.165, 1.54) is 0 Å². The number of rotatable bonds is 6. The number of piperidine rings is 1.